The SMILES string of the molecule is CCC(O)C(O)(O[Si](C)(C)C(C)(C)C)c1ccccc1Cl. The van der Waals surface area contributed by atoms with Crippen LogP contribution < -0.4 is 0 Å². The highest BCUT2D eigenvalue weighted by Gasteiger charge is 2.48. The topological polar surface area (TPSA) is 49.7 Å². The van der Waals surface area contributed by atoms with Gasteiger partial charge >= 0.3 is 0 Å². The van der Waals surface area contributed by atoms with Gasteiger partial charge in [0.05, 0.1) is 0 Å². The van der Waals surface area contributed by atoms with Crippen LogP contribution in [0.25, 0.3) is 0 Å². The van der Waals surface area contributed by atoms with E-state index < -0.39 is 20.2 Å². The lowest BCUT2D eigenvalue weighted by molar-refractivity contribution is -0.222. The van der Waals surface area contributed by atoms with Crippen molar-refractivity contribution in [3.63, 3.8) is 0 Å². The fourth-order valence-electron chi connectivity index (χ4n) is 1.87. The minimum absolute atomic E-state index is 0.0876. The Morgan fingerprint density at radius 2 is 1.76 bits per heavy atom. The van der Waals surface area contributed by atoms with E-state index in [9.17, 15) is 10.2 Å². The highest BCUT2D eigenvalue weighted by atomic mass is 35.5. The zero-order chi connectivity index (χ0) is 16.5. The minimum Gasteiger partial charge on any atom is -0.387 e. The first-order valence-corrected chi connectivity index (χ1v) is 10.6. The number of aliphatic hydroxyl groups excluding tert-OH is 1. The fourth-order valence-corrected chi connectivity index (χ4v) is 3.47. The van der Waals surface area contributed by atoms with Crippen molar-refractivity contribution in [2.45, 2.75) is 64.1 Å². The number of halogens is 1. The molecule has 0 saturated heterocycles. The molecule has 2 N–H and O–H groups in total. The third kappa shape index (κ3) is 3.87. The van der Waals surface area contributed by atoms with E-state index in [0.29, 0.717) is 17.0 Å². The van der Waals surface area contributed by atoms with Crippen LogP contribution in [0.2, 0.25) is 23.2 Å². The van der Waals surface area contributed by atoms with Crippen LogP contribution in [0, 0.1) is 0 Å². The molecule has 0 radical (unpaired) electrons. The van der Waals surface area contributed by atoms with Crippen LogP contribution in [0.15, 0.2) is 24.3 Å². The normalized spacial score (nSPS) is 17.4. The molecule has 0 amide bonds. The molecule has 2 atom stereocenters. The lowest BCUT2D eigenvalue weighted by Crippen LogP contribution is -2.53. The highest BCUT2D eigenvalue weighted by molar-refractivity contribution is 6.74. The van der Waals surface area contributed by atoms with Gasteiger partial charge in [-0.1, -0.05) is 57.5 Å². The molecule has 1 rings (SSSR count). The smallest absolute Gasteiger partial charge is 0.211 e. The largest absolute Gasteiger partial charge is 0.387 e. The number of aliphatic hydroxyl groups is 2. The lowest BCUT2D eigenvalue weighted by atomic mass is 9.98. The van der Waals surface area contributed by atoms with Crippen LogP contribution in [0.3, 0.4) is 0 Å². The van der Waals surface area contributed by atoms with Gasteiger partial charge in [0.2, 0.25) is 5.79 Å². The van der Waals surface area contributed by atoms with E-state index in [1.165, 1.54) is 0 Å². The fraction of sp³-hybridized carbons (Fsp3) is 0.625. The monoisotopic (exact) mass is 330 g/mol. The van der Waals surface area contributed by atoms with Crippen molar-refractivity contribution < 1.29 is 14.6 Å². The van der Waals surface area contributed by atoms with Gasteiger partial charge in [-0.2, -0.15) is 0 Å². The second-order valence-corrected chi connectivity index (χ2v) is 12.1. The highest BCUT2D eigenvalue weighted by Crippen LogP contribution is 2.43. The first-order chi connectivity index (χ1) is 9.45. The van der Waals surface area contributed by atoms with Crippen molar-refractivity contribution in [3.8, 4) is 0 Å². The first-order valence-electron chi connectivity index (χ1n) is 7.31. The summed E-state index contributed by atoms with van der Waals surface area (Å²) in [6.07, 6.45) is -0.664. The maximum Gasteiger partial charge on any atom is 0.211 e. The van der Waals surface area contributed by atoms with E-state index in [2.05, 4.69) is 20.8 Å². The minimum atomic E-state index is -2.29. The molecule has 0 saturated carbocycles. The summed E-state index contributed by atoms with van der Waals surface area (Å²) in [5.41, 5.74) is 0.422. The summed E-state index contributed by atoms with van der Waals surface area (Å²) in [5.74, 6) is -1.78. The summed E-state index contributed by atoms with van der Waals surface area (Å²) in [5, 5.41) is 21.8. The number of hydrogen-bond acceptors (Lipinski definition) is 3. The number of hydrogen-bond donors (Lipinski definition) is 2. The molecule has 120 valence electrons. The first kappa shape index (κ1) is 18.7. The van der Waals surface area contributed by atoms with Crippen molar-refractivity contribution in [1.29, 1.82) is 0 Å². The molecule has 0 aromatic heterocycles. The van der Waals surface area contributed by atoms with Crippen molar-refractivity contribution in [3.05, 3.63) is 34.9 Å². The van der Waals surface area contributed by atoms with E-state index in [1.807, 2.05) is 20.0 Å². The molecular formula is C16H27ClO3Si. The third-order valence-electron chi connectivity index (χ3n) is 4.32. The molecule has 0 aliphatic heterocycles. The number of rotatable bonds is 5. The molecule has 0 aliphatic carbocycles. The Balaban J connectivity index is 3.33. The van der Waals surface area contributed by atoms with Gasteiger partial charge in [-0.3, -0.25) is 0 Å². The maximum absolute atomic E-state index is 11.1. The summed E-state index contributed by atoms with van der Waals surface area (Å²) in [6.45, 7) is 12.1. The zero-order valence-corrected chi connectivity index (χ0v) is 15.5. The van der Waals surface area contributed by atoms with Crippen molar-refractivity contribution in [2.75, 3.05) is 0 Å². The van der Waals surface area contributed by atoms with Crippen molar-refractivity contribution >= 4 is 19.9 Å². The van der Waals surface area contributed by atoms with E-state index >= 15 is 0 Å². The summed E-state index contributed by atoms with van der Waals surface area (Å²) in [6, 6.07) is 6.97. The van der Waals surface area contributed by atoms with Gasteiger partial charge in [-0.25, -0.2) is 0 Å². The number of benzene rings is 1. The Labute approximate surface area is 134 Å². The van der Waals surface area contributed by atoms with Gasteiger partial charge < -0.3 is 14.6 Å². The van der Waals surface area contributed by atoms with Gasteiger partial charge in [0.25, 0.3) is 0 Å². The molecule has 0 aliphatic rings. The quantitative estimate of drug-likeness (QED) is 0.626. The summed E-state index contributed by atoms with van der Waals surface area (Å²) >= 11 is 6.22. The molecule has 1 aromatic rings. The molecular weight excluding hydrogens is 304 g/mol. The van der Waals surface area contributed by atoms with E-state index in [1.54, 1.807) is 24.3 Å². The Bertz CT molecular complexity index is 485. The van der Waals surface area contributed by atoms with Crippen LogP contribution in [0.1, 0.15) is 39.7 Å². The predicted octanol–water partition coefficient (Wildman–Crippen LogP) is 4.28. The standard InChI is InChI=1S/C16H27ClO3Si/c1-7-14(18)16(19,12-10-8-9-11-13(12)17)20-21(5,6)15(2,3)4/h8-11,14,18-19H,7H2,1-6H3. The van der Waals surface area contributed by atoms with Crippen molar-refractivity contribution in [1.82, 2.24) is 0 Å². The van der Waals surface area contributed by atoms with Gasteiger partial charge in [-0.05, 0) is 30.6 Å². The summed E-state index contributed by atoms with van der Waals surface area (Å²) < 4.78 is 6.17. The van der Waals surface area contributed by atoms with Crippen molar-refractivity contribution in [2.24, 2.45) is 0 Å². The zero-order valence-electron chi connectivity index (χ0n) is 13.8. The van der Waals surface area contributed by atoms with E-state index in [-0.39, 0.29) is 5.04 Å². The average molecular weight is 331 g/mol. The second-order valence-electron chi connectivity index (χ2n) is 6.96. The van der Waals surface area contributed by atoms with E-state index in [4.69, 9.17) is 16.0 Å². The Kier molecular flexibility index (Phi) is 5.67. The van der Waals surface area contributed by atoms with Gasteiger partial charge in [0.15, 0.2) is 8.32 Å². The Morgan fingerprint density at radius 3 is 2.19 bits per heavy atom. The van der Waals surface area contributed by atoms with Crippen LogP contribution in [0.4, 0.5) is 0 Å². The lowest BCUT2D eigenvalue weighted by Gasteiger charge is -2.45. The van der Waals surface area contributed by atoms with Crippen LogP contribution in [-0.4, -0.2) is 24.6 Å². The molecule has 5 heteroatoms. The Hall–Kier alpha value is -0.393. The molecule has 21 heavy (non-hydrogen) atoms. The average Bonchev–Trinajstić information content (AvgIpc) is 2.36. The van der Waals surface area contributed by atoms with Crippen LogP contribution in [0.5, 0.6) is 0 Å². The molecule has 0 heterocycles. The van der Waals surface area contributed by atoms with Gasteiger partial charge in [0, 0.05) is 10.6 Å². The van der Waals surface area contributed by atoms with Gasteiger partial charge in [-0.15, -0.1) is 0 Å². The molecule has 2 unspecified atom stereocenters. The molecule has 0 fully saturated rings. The molecule has 3 nitrogen and oxygen atoms in total. The third-order valence-corrected chi connectivity index (χ3v) is 9.08. The van der Waals surface area contributed by atoms with Crippen LogP contribution >= 0.6 is 11.6 Å². The van der Waals surface area contributed by atoms with Gasteiger partial charge in [0.1, 0.15) is 6.10 Å². The summed E-state index contributed by atoms with van der Waals surface area (Å²) in [4.78, 5) is 0. The van der Waals surface area contributed by atoms with Crippen LogP contribution in [-0.2, 0) is 10.2 Å². The Morgan fingerprint density at radius 1 is 1.24 bits per heavy atom. The molecule has 0 spiro atoms. The van der Waals surface area contributed by atoms with E-state index in [0.717, 1.165) is 0 Å². The maximum atomic E-state index is 11.1. The molecule has 0 bridgehead atoms. The summed E-state index contributed by atoms with van der Waals surface area (Å²) in [7, 11) is -2.29. The molecule has 1 aromatic carbocycles. The predicted molar refractivity (Wildman–Crippen MR) is 89.9 cm³/mol. The second kappa shape index (κ2) is 6.38.